The fourth-order valence-corrected chi connectivity index (χ4v) is 8.12. The van der Waals surface area contributed by atoms with E-state index in [4.69, 9.17) is 4.42 Å². The largest absolute Gasteiger partial charge is 0.506 e. The molecule has 62 heavy (non-hydrogen) atoms. The van der Waals surface area contributed by atoms with Crippen LogP contribution in [0.5, 0.6) is 109 Å². The molecule has 0 saturated carbocycles. The van der Waals surface area contributed by atoms with Gasteiger partial charge in [-0.15, -0.1) is 0 Å². The van der Waals surface area contributed by atoms with Gasteiger partial charge in [-0.1, -0.05) is 42.5 Å². The van der Waals surface area contributed by atoms with Crippen molar-refractivity contribution in [1.29, 1.82) is 0 Å². The Morgan fingerprint density at radius 3 is 1.13 bits per heavy atom. The number of aromatic hydroxyl groups is 19. The Balaban J connectivity index is 1.65. The molecule has 0 unspecified atom stereocenters. The van der Waals surface area contributed by atoms with E-state index in [2.05, 4.69) is 0 Å². The van der Waals surface area contributed by atoms with Gasteiger partial charge in [0.15, 0.2) is 68.7 Å². The summed E-state index contributed by atoms with van der Waals surface area (Å²) in [4.78, 5) is 0. The van der Waals surface area contributed by atoms with Gasteiger partial charge < -0.3 is 101 Å². The highest BCUT2D eigenvalue weighted by Crippen LogP contribution is 2.68. The van der Waals surface area contributed by atoms with Crippen molar-refractivity contribution >= 4 is 54.3 Å². The SMILES string of the molecule is Oc1c(O)c(O)c(-c2c3c(O)c(O)c(O)c(O)c3c(-c3c(O)c(O)c4c(oc5c(O)c(O)c(O)c(O)c54)c3O)c3c(O)c(-c4cccc5ccccc45)c(O)c(O)c23)c(O)c1O. The van der Waals surface area contributed by atoms with Crippen LogP contribution in [0.3, 0.4) is 0 Å². The predicted octanol–water partition coefficient (Wildman–Crippen LogP) is 6.45. The van der Waals surface area contributed by atoms with Gasteiger partial charge in [0.1, 0.15) is 5.75 Å². The van der Waals surface area contributed by atoms with E-state index in [0.717, 1.165) is 0 Å². The molecule has 0 bridgehead atoms. The Morgan fingerprint density at radius 2 is 0.581 bits per heavy atom. The molecule has 0 aliphatic rings. The normalized spacial score (nSPS) is 11.8. The highest BCUT2D eigenvalue weighted by atomic mass is 16.4. The summed E-state index contributed by atoms with van der Waals surface area (Å²) in [5, 5.41) is 208. The van der Waals surface area contributed by atoms with Crippen molar-refractivity contribution < 1.29 is 101 Å². The fraction of sp³-hybridized carbons (Fsp3) is 0. The topological polar surface area (TPSA) is 398 Å². The lowest BCUT2D eigenvalue weighted by Gasteiger charge is -2.25. The molecule has 0 spiro atoms. The lowest BCUT2D eigenvalue weighted by Crippen LogP contribution is -1.97. The van der Waals surface area contributed by atoms with Gasteiger partial charge in [-0.25, -0.2) is 0 Å². The van der Waals surface area contributed by atoms with E-state index in [-0.39, 0.29) is 5.56 Å². The van der Waals surface area contributed by atoms with Gasteiger partial charge >= 0.3 is 0 Å². The Labute approximate surface area is 340 Å². The lowest BCUT2D eigenvalue weighted by molar-refractivity contribution is 0.330. The van der Waals surface area contributed by atoms with Gasteiger partial charge in [0.05, 0.1) is 27.5 Å². The van der Waals surface area contributed by atoms with Crippen LogP contribution < -0.4 is 0 Å². The lowest BCUT2D eigenvalue weighted by atomic mass is 9.81. The van der Waals surface area contributed by atoms with Crippen LogP contribution in [0.1, 0.15) is 0 Å². The molecule has 9 aromatic rings. The van der Waals surface area contributed by atoms with Gasteiger partial charge in [0, 0.05) is 32.7 Å². The first kappa shape index (κ1) is 38.1. The number of furan rings is 1. The maximum Gasteiger partial charge on any atom is 0.208 e. The standard InChI is InChI=1S/C42H26O20/c43-22-11(10-7-3-5-8-4-1-2-6-9(8)10)23(44)24(45)15-13(18-28(49)35(56)38(59)36(57)29(18)50)17-16(25(46)33(54)34(55)26(17)47)12(14(15)22)19-27(48)30(51)20-21-31(52)37(58)39(60)40(61)42(21)62-41(20)32(19)53/h1-7,43-61H. The number of hydrogen-bond acceptors (Lipinski definition) is 20. The average Bonchev–Trinajstić information content (AvgIpc) is 3.67. The third-order valence-corrected chi connectivity index (χ3v) is 10.9. The molecule has 20 nitrogen and oxygen atoms in total. The second-order valence-electron chi connectivity index (χ2n) is 14.0. The quantitative estimate of drug-likeness (QED) is 0.0515. The molecule has 8 aromatic carbocycles. The minimum absolute atomic E-state index is 0.0521. The molecule has 0 aliphatic carbocycles. The van der Waals surface area contributed by atoms with Crippen LogP contribution in [-0.4, -0.2) is 97.0 Å². The van der Waals surface area contributed by atoms with Gasteiger partial charge in [0.25, 0.3) is 0 Å². The minimum Gasteiger partial charge on any atom is -0.506 e. The molecule has 0 amide bonds. The first-order chi connectivity index (χ1) is 29.3. The Kier molecular flexibility index (Phi) is 7.54. The summed E-state index contributed by atoms with van der Waals surface area (Å²) >= 11 is 0. The summed E-state index contributed by atoms with van der Waals surface area (Å²) in [6.45, 7) is 0. The molecule has 19 N–H and O–H groups in total. The number of benzene rings is 8. The molecule has 0 aliphatic heterocycles. The summed E-state index contributed by atoms with van der Waals surface area (Å²) in [6, 6.07) is 10.8. The van der Waals surface area contributed by atoms with Crippen molar-refractivity contribution in [2.75, 3.05) is 0 Å². The fourth-order valence-electron chi connectivity index (χ4n) is 8.12. The zero-order chi connectivity index (χ0) is 44.9. The van der Waals surface area contributed by atoms with Crippen molar-refractivity contribution in [2.24, 2.45) is 0 Å². The van der Waals surface area contributed by atoms with E-state index < -0.39 is 181 Å². The Morgan fingerprint density at radius 1 is 0.242 bits per heavy atom. The minimum atomic E-state index is -1.58. The summed E-state index contributed by atoms with van der Waals surface area (Å²) < 4.78 is 5.53. The second kappa shape index (κ2) is 12.3. The molecule has 0 fully saturated rings. The van der Waals surface area contributed by atoms with Gasteiger partial charge in [0.2, 0.25) is 46.0 Å². The first-order valence-corrected chi connectivity index (χ1v) is 17.5. The zero-order valence-corrected chi connectivity index (χ0v) is 30.4. The second-order valence-corrected chi connectivity index (χ2v) is 14.0. The van der Waals surface area contributed by atoms with Crippen molar-refractivity contribution in [3.8, 4) is 143 Å². The van der Waals surface area contributed by atoms with E-state index in [0.29, 0.717) is 10.8 Å². The number of fused-ring (bicyclic) bond motifs is 6. The predicted molar refractivity (Wildman–Crippen MR) is 214 cm³/mol. The smallest absolute Gasteiger partial charge is 0.208 e. The first-order valence-electron chi connectivity index (χ1n) is 17.5. The molecular weight excluding hydrogens is 824 g/mol. The molecule has 1 aromatic heterocycles. The number of phenols is 19. The number of phenolic OH excluding ortho intramolecular Hbond substituents is 19. The number of hydrogen-bond donors (Lipinski definition) is 19. The molecule has 9 rings (SSSR count). The molecule has 314 valence electrons. The highest BCUT2D eigenvalue weighted by Gasteiger charge is 2.39. The van der Waals surface area contributed by atoms with Crippen LogP contribution >= 0.6 is 0 Å². The summed E-state index contributed by atoms with van der Waals surface area (Å²) in [7, 11) is 0. The maximum atomic E-state index is 12.6. The van der Waals surface area contributed by atoms with Crippen LogP contribution in [0.2, 0.25) is 0 Å². The molecule has 0 atom stereocenters. The van der Waals surface area contributed by atoms with Crippen molar-refractivity contribution in [3.63, 3.8) is 0 Å². The van der Waals surface area contributed by atoms with Crippen LogP contribution in [0.25, 0.3) is 87.6 Å². The Hall–Kier alpha value is -9.46. The summed E-state index contributed by atoms with van der Waals surface area (Å²) in [5.74, 6) is -27.3. The third-order valence-electron chi connectivity index (χ3n) is 10.9. The van der Waals surface area contributed by atoms with Crippen molar-refractivity contribution in [3.05, 3.63) is 42.5 Å². The number of rotatable bonds is 3. The van der Waals surface area contributed by atoms with Gasteiger partial charge in [-0.3, -0.25) is 0 Å². The van der Waals surface area contributed by atoms with E-state index in [1.807, 2.05) is 0 Å². The highest BCUT2D eigenvalue weighted by molar-refractivity contribution is 6.32. The summed E-state index contributed by atoms with van der Waals surface area (Å²) in [5.41, 5.74) is -7.31. The molecule has 1 heterocycles. The third kappa shape index (κ3) is 4.42. The summed E-state index contributed by atoms with van der Waals surface area (Å²) in [6.07, 6.45) is 0. The molecule has 0 saturated heterocycles. The van der Waals surface area contributed by atoms with Crippen molar-refractivity contribution in [2.45, 2.75) is 0 Å². The molecule has 0 radical (unpaired) electrons. The average molecular weight is 851 g/mol. The van der Waals surface area contributed by atoms with Crippen LogP contribution in [0.15, 0.2) is 46.9 Å². The maximum absolute atomic E-state index is 12.6. The van der Waals surface area contributed by atoms with Crippen molar-refractivity contribution in [1.82, 2.24) is 0 Å². The van der Waals surface area contributed by atoms with E-state index in [1.165, 1.54) is 18.2 Å². The monoisotopic (exact) mass is 850 g/mol. The van der Waals surface area contributed by atoms with Crippen LogP contribution in [0.4, 0.5) is 0 Å². The van der Waals surface area contributed by atoms with E-state index >= 15 is 0 Å². The Bertz CT molecular complexity index is 3530. The van der Waals surface area contributed by atoms with Crippen LogP contribution in [-0.2, 0) is 0 Å². The van der Waals surface area contributed by atoms with Crippen LogP contribution in [0, 0.1) is 0 Å². The molecular formula is C42H26O20. The molecule has 20 heteroatoms. The zero-order valence-electron chi connectivity index (χ0n) is 30.4. The van der Waals surface area contributed by atoms with E-state index in [9.17, 15) is 97.0 Å². The van der Waals surface area contributed by atoms with Gasteiger partial charge in [-0.05, 0) is 16.3 Å². The van der Waals surface area contributed by atoms with Gasteiger partial charge in [-0.2, -0.15) is 0 Å². The van der Waals surface area contributed by atoms with E-state index in [1.54, 1.807) is 24.3 Å².